The van der Waals surface area contributed by atoms with E-state index in [0.29, 0.717) is 15.6 Å². The van der Waals surface area contributed by atoms with Crippen molar-refractivity contribution in [1.29, 1.82) is 0 Å². The van der Waals surface area contributed by atoms with E-state index in [9.17, 15) is 9.59 Å². The monoisotopic (exact) mass is 489 g/mol. The van der Waals surface area contributed by atoms with Crippen LogP contribution in [0.4, 0.5) is 5.00 Å². The number of carbonyl (C=O) groups excluding carboxylic acids is 2. The van der Waals surface area contributed by atoms with Crippen LogP contribution in [0.2, 0.25) is 5.02 Å². The molecule has 0 spiro atoms. The standard InChI is InChI=1S/C22H17BrClNO3S/c1-2-28-22(27)20-18(15-6-8-16(23)9-7-15)13-29-21(20)25-19(26)12-5-14-3-10-17(24)11-4-14/h3-13H,2H2,1H3,(H,25,26). The number of thiophene rings is 1. The van der Waals surface area contributed by atoms with Gasteiger partial charge in [0.25, 0.3) is 0 Å². The molecule has 1 aromatic heterocycles. The molecule has 2 aromatic carbocycles. The number of esters is 1. The molecule has 0 saturated carbocycles. The van der Waals surface area contributed by atoms with Gasteiger partial charge in [0.2, 0.25) is 5.91 Å². The van der Waals surface area contributed by atoms with Crippen LogP contribution in [-0.2, 0) is 9.53 Å². The highest BCUT2D eigenvalue weighted by atomic mass is 79.9. The van der Waals surface area contributed by atoms with Gasteiger partial charge in [0.05, 0.1) is 6.61 Å². The first-order valence-corrected chi connectivity index (χ1v) is 10.8. The predicted octanol–water partition coefficient (Wildman–Crippen LogP) is 6.66. The molecule has 0 atom stereocenters. The van der Waals surface area contributed by atoms with Crippen molar-refractivity contribution < 1.29 is 14.3 Å². The van der Waals surface area contributed by atoms with Crippen LogP contribution in [0, 0.1) is 0 Å². The van der Waals surface area contributed by atoms with Gasteiger partial charge in [-0.3, -0.25) is 4.79 Å². The molecule has 0 radical (unpaired) electrons. The Morgan fingerprint density at radius 3 is 2.48 bits per heavy atom. The summed E-state index contributed by atoms with van der Waals surface area (Å²) >= 11 is 10.6. The lowest BCUT2D eigenvalue weighted by Gasteiger charge is -2.08. The van der Waals surface area contributed by atoms with Gasteiger partial charge < -0.3 is 10.1 Å². The maximum atomic E-state index is 12.6. The van der Waals surface area contributed by atoms with Crippen LogP contribution in [0.15, 0.2) is 64.5 Å². The van der Waals surface area contributed by atoms with Gasteiger partial charge in [-0.05, 0) is 48.4 Å². The molecule has 29 heavy (non-hydrogen) atoms. The first-order chi connectivity index (χ1) is 14.0. The highest BCUT2D eigenvalue weighted by Gasteiger charge is 2.22. The Labute approximate surface area is 186 Å². The fraction of sp³-hybridized carbons (Fsp3) is 0.0909. The number of nitrogens with one attached hydrogen (secondary N) is 1. The zero-order chi connectivity index (χ0) is 20.8. The van der Waals surface area contributed by atoms with Gasteiger partial charge in [-0.2, -0.15) is 0 Å². The molecule has 0 aliphatic heterocycles. The summed E-state index contributed by atoms with van der Waals surface area (Å²) in [5.41, 5.74) is 2.78. The number of hydrogen-bond acceptors (Lipinski definition) is 4. The number of anilines is 1. The van der Waals surface area contributed by atoms with Crippen LogP contribution in [-0.4, -0.2) is 18.5 Å². The van der Waals surface area contributed by atoms with Crippen LogP contribution in [0.25, 0.3) is 17.2 Å². The predicted molar refractivity (Wildman–Crippen MR) is 123 cm³/mol. The van der Waals surface area contributed by atoms with Crippen LogP contribution in [0.3, 0.4) is 0 Å². The molecule has 0 fully saturated rings. The number of rotatable bonds is 6. The van der Waals surface area contributed by atoms with Gasteiger partial charge in [0, 0.05) is 26.5 Å². The van der Waals surface area contributed by atoms with Gasteiger partial charge in [-0.1, -0.05) is 51.8 Å². The number of amides is 1. The molecule has 0 bridgehead atoms. The normalized spacial score (nSPS) is 10.9. The van der Waals surface area contributed by atoms with Crippen molar-refractivity contribution in [2.45, 2.75) is 6.92 Å². The SMILES string of the molecule is CCOC(=O)c1c(-c2ccc(Br)cc2)csc1NC(=O)C=Cc1ccc(Cl)cc1. The summed E-state index contributed by atoms with van der Waals surface area (Å²) in [7, 11) is 0. The second-order valence-corrected chi connectivity index (χ2v) is 8.19. The molecular weight excluding hydrogens is 474 g/mol. The number of halogens is 2. The van der Waals surface area contributed by atoms with E-state index in [1.807, 2.05) is 41.8 Å². The topological polar surface area (TPSA) is 55.4 Å². The minimum absolute atomic E-state index is 0.248. The van der Waals surface area contributed by atoms with Gasteiger partial charge in [0.15, 0.2) is 0 Å². The average Bonchev–Trinajstić information content (AvgIpc) is 3.12. The van der Waals surface area contributed by atoms with Crippen LogP contribution in [0.5, 0.6) is 0 Å². The molecule has 148 valence electrons. The Morgan fingerprint density at radius 2 is 1.83 bits per heavy atom. The summed E-state index contributed by atoms with van der Waals surface area (Å²) in [4.78, 5) is 25.0. The van der Waals surface area contributed by atoms with E-state index in [0.717, 1.165) is 21.2 Å². The van der Waals surface area contributed by atoms with Crippen LogP contribution in [0.1, 0.15) is 22.8 Å². The summed E-state index contributed by atoms with van der Waals surface area (Å²) in [6, 6.07) is 14.7. The molecule has 0 aliphatic carbocycles. The first-order valence-electron chi connectivity index (χ1n) is 8.77. The quantitative estimate of drug-likeness (QED) is 0.310. The van der Waals surface area contributed by atoms with Crippen molar-refractivity contribution >= 4 is 61.8 Å². The Kier molecular flexibility index (Phi) is 7.25. The molecule has 0 saturated heterocycles. The third-order valence-corrected chi connectivity index (χ3v) is 5.64. The molecule has 3 aromatic rings. The molecule has 1 N–H and O–H groups in total. The molecule has 1 amide bonds. The van der Waals surface area contributed by atoms with Crippen LogP contribution < -0.4 is 5.32 Å². The number of carbonyl (C=O) groups is 2. The van der Waals surface area contributed by atoms with Gasteiger partial charge in [-0.25, -0.2) is 4.79 Å². The number of benzene rings is 2. The molecule has 1 heterocycles. The van der Waals surface area contributed by atoms with E-state index >= 15 is 0 Å². The summed E-state index contributed by atoms with van der Waals surface area (Å²) in [5, 5.41) is 5.71. The molecule has 4 nitrogen and oxygen atoms in total. The Balaban J connectivity index is 1.86. The summed E-state index contributed by atoms with van der Waals surface area (Å²) in [6.45, 7) is 2.00. The molecule has 0 unspecified atom stereocenters. The second-order valence-electron chi connectivity index (χ2n) is 5.96. The van der Waals surface area contributed by atoms with Crippen molar-refractivity contribution in [2.75, 3.05) is 11.9 Å². The highest BCUT2D eigenvalue weighted by molar-refractivity contribution is 9.10. The van der Waals surface area contributed by atoms with E-state index < -0.39 is 5.97 Å². The third-order valence-electron chi connectivity index (χ3n) is 3.96. The molecule has 7 heteroatoms. The minimum Gasteiger partial charge on any atom is -0.462 e. The van der Waals surface area contributed by atoms with Crippen molar-refractivity contribution in [1.82, 2.24) is 0 Å². The third kappa shape index (κ3) is 5.56. The van der Waals surface area contributed by atoms with Crippen molar-refractivity contribution in [3.63, 3.8) is 0 Å². The fourth-order valence-corrected chi connectivity index (χ4v) is 3.95. The van der Waals surface area contributed by atoms with Crippen molar-refractivity contribution in [3.8, 4) is 11.1 Å². The summed E-state index contributed by atoms with van der Waals surface area (Å²) in [5.74, 6) is -0.807. The molecular formula is C22H17BrClNO3S. The average molecular weight is 491 g/mol. The first kappa shape index (κ1) is 21.3. The summed E-state index contributed by atoms with van der Waals surface area (Å²) < 4.78 is 6.15. The van der Waals surface area contributed by atoms with E-state index in [4.69, 9.17) is 16.3 Å². The Bertz CT molecular complexity index is 1040. The lowest BCUT2D eigenvalue weighted by molar-refractivity contribution is -0.111. The molecule has 0 aliphatic rings. The van der Waals surface area contributed by atoms with E-state index in [1.54, 1.807) is 25.1 Å². The Hall–Kier alpha value is -2.41. The fourth-order valence-electron chi connectivity index (χ4n) is 2.60. The Morgan fingerprint density at radius 1 is 1.14 bits per heavy atom. The van der Waals surface area contributed by atoms with Gasteiger partial charge in [-0.15, -0.1) is 11.3 Å². The zero-order valence-corrected chi connectivity index (χ0v) is 18.6. The molecule has 3 rings (SSSR count). The lowest BCUT2D eigenvalue weighted by atomic mass is 10.0. The van der Waals surface area contributed by atoms with Gasteiger partial charge in [0.1, 0.15) is 10.6 Å². The minimum atomic E-state index is -0.469. The van der Waals surface area contributed by atoms with Crippen LogP contribution >= 0.6 is 38.9 Å². The smallest absolute Gasteiger partial charge is 0.341 e. The maximum Gasteiger partial charge on any atom is 0.341 e. The number of ether oxygens (including phenoxy) is 1. The lowest BCUT2D eigenvalue weighted by Crippen LogP contribution is -2.12. The van der Waals surface area contributed by atoms with Crippen molar-refractivity contribution in [3.05, 3.63) is 80.6 Å². The number of hydrogen-bond donors (Lipinski definition) is 1. The maximum absolute atomic E-state index is 12.6. The largest absolute Gasteiger partial charge is 0.462 e. The van der Waals surface area contributed by atoms with E-state index in [1.165, 1.54) is 17.4 Å². The van der Waals surface area contributed by atoms with E-state index in [2.05, 4.69) is 21.2 Å². The highest BCUT2D eigenvalue weighted by Crippen LogP contribution is 2.36. The summed E-state index contributed by atoms with van der Waals surface area (Å²) in [6.07, 6.45) is 3.09. The van der Waals surface area contributed by atoms with Gasteiger partial charge >= 0.3 is 5.97 Å². The zero-order valence-electron chi connectivity index (χ0n) is 15.4. The van der Waals surface area contributed by atoms with E-state index in [-0.39, 0.29) is 12.5 Å². The second kappa shape index (κ2) is 9.87. The van der Waals surface area contributed by atoms with Crippen molar-refractivity contribution in [2.24, 2.45) is 0 Å².